The molecular formula is C35H37F8N3O4. The van der Waals surface area contributed by atoms with Gasteiger partial charge >= 0.3 is 18.3 Å². The van der Waals surface area contributed by atoms with Gasteiger partial charge in [0.25, 0.3) is 5.56 Å². The minimum atomic E-state index is -5.37. The summed E-state index contributed by atoms with van der Waals surface area (Å²) < 4.78 is 117. The van der Waals surface area contributed by atoms with Gasteiger partial charge in [0.1, 0.15) is 17.7 Å². The van der Waals surface area contributed by atoms with Crippen molar-refractivity contribution in [1.82, 2.24) is 14.8 Å². The summed E-state index contributed by atoms with van der Waals surface area (Å²) in [5.41, 5.74) is -6.01. The van der Waals surface area contributed by atoms with Crippen molar-refractivity contribution < 1.29 is 49.8 Å². The third-order valence-corrected chi connectivity index (χ3v) is 8.78. The van der Waals surface area contributed by atoms with Gasteiger partial charge in [-0.3, -0.25) is 14.4 Å². The third-order valence-electron chi connectivity index (χ3n) is 8.78. The summed E-state index contributed by atoms with van der Waals surface area (Å²) >= 11 is 0. The van der Waals surface area contributed by atoms with Gasteiger partial charge in [-0.2, -0.15) is 26.3 Å². The van der Waals surface area contributed by atoms with E-state index in [1.54, 1.807) is 19.9 Å². The van der Waals surface area contributed by atoms with Gasteiger partial charge in [-0.15, -0.1) is 0 Å². The second-order valence-electron chi connectivity index (χ2n) is 13.0. The van der Waals surface area contributed by atoms with Crippen LogP contribution in [0.4, 0.5) is 35.1 Å². The van der Waals surface area contributed by atoms with E-state index in [9.17, 15) is 45.8 Å². The van der Waals surface area contributed by atoms with E-state index in [4.69, 9.17) is 0 Å². The molecule has 1 aromatic heterocycles. The lowest BCUT2D eigenvalue weighted by Crippen LogP contribution is -2.41. The maximum Gasteiger partial charge on any atom is 0.419 e. The zero-order chi connectivity index (χ0) is 37.3. The van der Waals surface area contributed by atoms with Crippen LogP contribution in [0.3, 0.4) is 0 Å². The van der Waals surface area contributed by atoms with Gasteiger partial charge in [0.05, 0.1) is 23.6 Å². The number of aryl methyl sites for hydroxylation is 2. The third kappa shape index (κ3) is 8.53. The Hall–Kier alpha value is -4.27. The van der Waals surface area contributed by atoms with Crippen LogP contribution in [0.2, 0.25) is 0 Å². The number of aromatic nitrogens is 1. The second-order valence-corrected chi connectivity index (χ2v) is 13.0. The maximum absolute atomic E-state index is 16.4. The number of rotatable bonds is 12. The van der Waals surface area contributed by atoms with E-state index in [2.05, 4.69) is 5.32 Å². The van der Waals surface area contributed by atoms with Crippen molar-refractivity contribution in [3.8, 4) is 11.1 Å². The van der Waals surface area contributed by atoms with Crippen LogP contribution in [-0.2, 0) is 28.4 Å². The van der Waals surface area contributed by atoms with Crippen LogP contribution in [0.15, 0.2) is 41.3 Å². The summed E-state index contributed by atoms with van der Waals surface area (Å²) in [4.78, 5) is 40.9. The van der Waals surface area contributed by atoms with Crippen LogP contribution in [0.25, 0.3) is 11.1 Å². The highest BCUT2D eigenvalue weighted by molar-refractivity contribution is 5.82. The molecular weight excluding hydrogens is 678 g/mol. The number of halogens is 8. The average Bonchev–Trinajstić information content (AvgIpc) is 2.95. The molecule has 2 heterocycles. The first kappa shape index (κ1) is 38.5. The molecule has 1 aliphatic rings. The predicted octanol–water partition coefficient (Wildman–Crippen LogP) is 7.62. The highest BCUT2D eigenvalue weighted by Crippen LogP contribution is 2.42. The lowest BCUT2D eigenvalue weighted by Gasteiger charge is -2.31. The molecule has 50 heavy (non-hydrogen) atoms. The molecule has 1 fully saturated rings. The molecule has 1 saturated heterocycles. The first-order valence-electron chi connectivity index (χ1n) is 15.9. The number of carbonyl (C=O) groups is 2. The Kier molecular flexibility index (Phi) is 11.5. The zero-order valence-electron chi connectivity index (χ0n) is 27.7. The van der Waals surface area contributed by atoms with Crippen LogP contribution in [0.1, 0.15) is 78.6 Å². The van der Waals surface area contributed by atoms with Crippen molar-refractivity contribution in [2.24, 2.45) is 5.92 Å². The molecule has 2 N–H and O–H groups in total. The van der Waals surface area contributed by atoms with Gasteiger partial charge in [0, 0.05) is 29.9 Å². The summed E-state index contributed by atoms with van der Waals surface area (Å²) in [6, 6.07) is 1.34. The SMILES string of the molecule is Cc1cccc(C)c1-c1cc(C(F)(F)F)c(F)c([C@H](CC(=O)O)NC(=O)C(CC(C)C)n2cc(CCN3CCC3)c(C(F)(F)F)cc2=O)c1F. The Labute approximate surface area is 282 Å². The number of pyridine rings is 1. The number of carboxylic acids is 1. The first-order chi connectivity index (χ1) is 23.2. The molecule has 15 heteroatoms. The van der Waals surface area contributed by atoms with Crippen LogP contribution >= 0.6 is 0 Å². The molecule has 3 aromatic rings. The molecule has 0 saturated carbocycles. The standard InChI is InChI=1S/C35H37F8N3O4/c1-18(2)13-26(46-17-21(9-12-45-10-6-11-45)23(15-27(46)47)34(38,39)40)33(50)44-25(16-28(48)49)30-31(36)22(14-24(32(30)37)35(41,42)43)29-19(3)7-5-8-20(29)4/h5,7-8,14-15,17-18,25-26H,6,9-13,16H2,1-4H3,(H,44,50)(H,48,49)/t25-,26?/m0/s1. The molecule has 7 nitrogen and oxygen atoms in total. The van der Waals surface area contributed by atoms with Gasteiger partial charge in [0.15, 0.2) is 0 Å². The van der Waals surface area contributed by atoms with E-state index in [-0.39, 0.29) is 36.6 Å². The van der Waals surface area contributed by atoms with E-state index in [1.165, 1.54) is 26.0 Å². The van der Waals surface area contributed by atoms with Gasteiger partial charge in [0.2, 0.25) is 5.91 Å². The number of likely N-dealkylation sites (tertiary alicyclic amines) is 1. The Morgan fingerprint density at radius 1 is 0.940 bits per heavy atom. The fourth-order valence-corrected chi connectivity index (χ4v) is 6.23. The van der Waals surface area contributed by atoms with Crippen molar-refractivity contribution in [2.45, 2.75) is 77.8 Å². The quantitative estimate of drug-likeness (QED) is 0.189. The predicted molar refractivity (Wildman–Crippen MR) is 168 cm³/mol. The van der Waals surface area contributed by atoms with Crippen molar-refractivity contribution in [3.63, 3.8) is 0 Å². The Bertz CT molecular complexity index is 1790. The fraction of sp³-hybridized carbons (Fsp3) is 0.457. The van der Waals surface area contributed by atoms with Gasteiger partial charge in [-0.1, -0.05) is 32.0 Å². The van der Waals surface area contributed by atoms with Crippen LogP contribution < -0.4 is 10.9 Å². The summed E-state index contributed by atoms with van der Waals surface area (Å²) in [7, 11) is 0. The van der Waals surface area contributed by atoms with Crippen molar-refractivity contribution in [3.05, 3.63) is 91.9 Å². The molecule has 0 spiro atoms. The summed E-state index contributed by atoms with van der Waals surface area (Å²) in [5.74, 6) is -7.05. The Morgan fingerprint density at radius 3 is 2.04 bits per heavy atom. The molecule has 1 amide bonds. The molecule has 2 atom stereocenters. The van der Waals surface area contributed by atoms with Crippen molar-refractivity contribution in [1.29, 1.82) is 0 Å². The average molecular weight is 716 g/mol. The number of nitrogens with one attached hydrogen (secondary N) is 1. The topological polar surface area (TPSA) is 91.6 Å². The summed E-state index contributed by atoms with van der Waals surface area (Å²) in [5, 5.41) is 11.8. The van der Waals surface area contributed by atoms with Gasteiger partial charge in [-0.05, 0) is 80.4 Å². The summed E-state index contributed by atoms with van der Waals surface area (Å²) in [6.07, 6.45) is -10.1. The number of hydrogen-bond acceptors (Lipinski definition) is 4. The van der Waals surface area contributed by atoms with Crippen LogP contribution in [-0.4, -0.2) is 46.1 Å². The minimum Gasteiger partial charge on any atom is -0.481 e. The molecule has 0 aliphatic carbocycles. The van der Waals surface area contributed by atoms with E-state index in [0.717, 1.165) is 17.2 Å². The fourth-order valence-electron chi connectivity index (χ4n) is 6.23. The first-order valence-corrected chi connectivity index (χ1v) is 15.9. The molecule has 4 rings (SSSR count). The number of nitrogens with zero attached hydrogens (tertiary/aromatic N) is 2. The lowest BCUT2D eigenvalue weighted by molar-refractivity contribution is -0.140. The second kappa shape index (κ2) is 14.9. The number of carboxylic acid groups (broad SMARTS) is 1. The number of amides is 1. The van der Waals surface area contributed by atoms with E-state index >= 15 is 8.78 Å². The van der Waals surface area contributed by atoms with E-state index < -0.39 is 88.1 Å². The van der Waals surface area contributed by atoms with Crippen LogP contribution in [0.5, 0.6) is 0 Å². The van der Waals surface area contributed by atoms with Crippen molar-refractivity contribution >= 4 is 11.9 Å². The van der Waals surface area contributed by atoms with E-state index in [1.807, 2.05) is 4.90 Å². The molecule has 0 bridgehead atoms. The maximum atomic E-state index is 16.4. The molecule has 0 radical (unpaired) electrons. The molecule has 1 aliphatic heterocycles. The molecule has 2 aromatic carbocycles. The number of hydrogen-bond donors (Lipinski definition) is 2. The zero-order valence-corrected chi connectivity index (χ0v) is 27.7. The van der Waals surface area contributed by atoms with Crippen molar-refractivity contribution in [2.75, 3.05) is 19.6 Å². The monoisotopic (exact) mass is 715 g/mol. The molecule has 1 unspecified atom stereocenters. The minimum absolute atomic E-state index is 0.00287. The molecule has 272 valence electrons. The Morgan fingerprint density at radius 2 is 1.54 bits per heavy atom. The lowest BCUT2D eigenvalue weighted by atomic mass is 9.89. The number of benzene rings is 2. The van der Waals surface area contributed by atoms with Crippen LogP contribution in [0, 0.1) is 31.4 Å². The van der Waals surface area contributed by atoms with Gasteiger partial charge in [-0.25, -0.2) is 8.78 Å². The smallest absolute Gasteiger partial charge is 0.419 e. The van der Waals surface area contributed by atoms with Gasteiger partial charge < -0.3 is 19.9 Å². The Balaban J connectivity index is 1.87. The number of aliphatic carboxylic acids is 1. The number of carbonyl (C=O) groups excluding carboxylic acids is 1. The largest absolute Gasteiger partial charge is 0.481 e. The highest BCUT2D eigenvalue weighted by atomic mass is 19.4. The van der Waals surface area contributed by atoms with E-state index in [0.29, 0.717) is 30.3 Å². The summed E-state index contributed by atoms with van der Waals surface area (Å²) in [6.45, 7) is 7.82. The number of alkyl halides is 6. The normalized spacial score (nSPS) is 15.1. The highest BCUT2D eigenvalue weighted by Gasteiger charge is 2.41.